The van der Waals surface area contributed by atoms with Crippen molar-refractivity contribution in [3.63, 3.8) is 0 Å². The molecule has 0 saturated carbocycles. The number of urea groups is 1. The van der Waals surface area contributed by atoms with Crippen molar-refractivity contribution in [2.45, 2.75) is 6.92 Å². The Morgan fingerprint density at radius 1 is 1.04 bits per heavy atom. The van der Waals surface area contributed by atoms with Crippen molar-refractivity contribution in [3.05, 3.63) is 47.0 Å². The number of nitrogens with zero attached hydrogens (tertiary/aromatic N) is 2. The second-order valence-electron chi connectivity index (χ2n) is 6.41. The summed E-state index contributed by atoms with van der Waals surface area (Å²) in [6.45, 7) is 4.59. The van der Waals surface area contributed by atoms with E-state index < -0.39 is 0 Å². The Kier molecular flexibility index (Phi) is 5.96. The van der Waals surface area contributed by atoms with Gasteiger partial charge < -0.3 is 24.6 Å². The number of nitrogens with one attached hydrogen (secondary N) is 1. The summed E-state index contributed by atoms with van der Waals surface area (Å²) in [4.78, 5) is 16.5. The third-order valence-corrected chi connectivity index (χ3v) is 5.12. The van der Waals surface area contributed by atoms with E-state index in [0.29, 0.717) is 36.9 Å². The van der Waals surface area contributed by atoms with E-state index in [2.05, 4.69) is 10.2 Å². The molecular formula is C20H24ClN3O3. The fourth-order valence-electron chi connectivity index (χ4n) is 3.07. The second-order valence-corrected chi connectivity index (χ2v) is 6.81. The first-order valence-electron chi connectivity index (χ1n) is 8.81. The maximum absolute atomic E-state index is 12.5. The molecule has 1 N–H and O–H groups in total. The number of halogens is 1. The minimum atomic E-state index is -0.118. The van der Waals surface area contributed by atoms with Crippen molar-refractivity contribution in [2.24, 2.45) is 0 Å². The van der Waals surface area contributed by atoms with Crippen LogP contribution in [-0.2, 0) is 0 Å². The van der Waals surface area contributed by atoms with Gasteiger partial charge in [0.25, 0.3) is 0 Å². The van der Waals surface area contributed by atoms with Crippen LogP contribution in [0.3, 0.4) is 0 Å². The molecule has 2 amide bonds. The molecule has 0 spiro atoms. The molecule has 1 fully saturated rings. The number of ether oxygens (including phenoxy) is 2. The molecule has 1 aliphatic rings. The molecule has 1 aliphatic heterocycles. The number of aryl methyl sites for hydroxylation is 1. The Labute approximate surface area is 164 Å². The predicted octanol–water partition coefficient (Wildman–Crippen LogP) is 4.02. The van der Waals surface area contributed by atoms with Crippen LogP contribution in [0.4, 0.5) is 16.2 Å². The fourth-order valence-corrected chi connectivity index (χ4v) is 3.25. The number of rotatable bonds is 4. The van der Waals surface area contributed by atoms with Crippen LogP contribution in [0.15, 0.2) is 36.4 Å². The normalized spacial score (nSPS) is 14.1. The first-order valence-corrected chi connectivity index (χ1v) is 9.18. The number of carbonyl (C=O) groups excluding carboxylic acids is 1. The SMILES string of the molecule is COc1ccc(OC)c(N2CCN(C(=O)Nc3ccc(C)c(Cl)c3)CC2)c1. The number of hydrogen-bond acceptors (Lipinski definition) is 4. The molecule has 0 radical (unpaired) electrons. The summed E-state index contributed by atoms with van der Waals surface area (Å²) in [6, 6.07) is 11.1. The van der Waals surface area contributed by atoms with Crippen LogP contribution in [-0.4, -0.2) is 51.3 Å². The van der Waals surface area contributed by atoms with E-state index in [1.54, 1.807) is 25.2 Å². The summed E-state index contributed by atoms with van der Waals surface area (Å²) in [5, 5.41) is 3.56. The lowest BCUT2D eigenvalue weighted by atomic mass is 10.2. The highest BCUT2D eigenvalue weighted by atomic mass is 35.5. The summed E-state index contributed by atoms with van der Waals surface area (Å²) in [5.74, 6) is 1.57. The van der Waals surface area contributed by atoms with Crippen LogP contribution < -0.4 is 19.7 Å². The Morgan fingerprint density at radius 3 is 2.41 bits per heavy atom. The largest absolute Gasteiger partial charge is 0.497 e. The zero-order valence-corrected chi connectivity index (χ0v) is 16.5. The van der Waals surface area contributed by atoms with E-state index in [1.165, 1.54) is 0 Å². The predicted molar refractivity (Wildman–Crippen MR) is 109 cm³/mol. The summed E-state index contributed by atoms with van der Waals surface area (Å²) in [7, 11) is 3.30. The molecule has 0 aliphatic carbocycles. The lowest BCUT2D eigenvalue weighted by molar-refractivity contribution is 0.208. The first-order chi connectivity index (χ1) is 13.0. The van der Waals surface area contributed by atoms with Crippen molar-refractivity contribution < 1.29 is 14.3 Å². The molecule has 6 nitrogen and oxygen atoms in total. The van der Waals surface area contributed by atoms with Crippen LogP contribution in [0, 0.1) is 6.92 Å². The van der Waals surface area contributed by atoms with Gasteiger partial charge in [0.1, 0.15) is 11.5 Å². The van der Waals surface area contributed by atoms with Gasteiger partial charge in [-0.25, -0.2) is 4.79 Å². The van der Waals surface area contributed by atoms with E-state index in [9.17, 15) is 4.79 Å². The topological polar surface area (TPSA) is 54.0 Å². The fraction of sp³-hybridized carbons (Fsp3) is 0.350. The second kappa shape index (κ2) is 8.39. The molecule has 27 heavy (non-hydrogen) atoms. The monoisotopic (exact) mass is 389 g/mol. The van der Waals surface area contributed by atoms with Crippen molar-refractivity contribution in [1.29, 1.82) is 0 Å². The number of anilines is 2. The highest BCUT2D eigenvalue weighted by Crippen LogP contribution is 2.33. The van der Waals surface area contributed by atoms with Crippen molar-refractivity contribution in [3.8, 4) is 11.5 Å². The average molecular weight is 390 g/mol. The lowest BCUT2D eigenvalue weighted by Gasteiger charge is -2.36. The summed E-state index contributed by atoms with van der Waals surface area (Å²) >= 11 is 6.13. The quantitative estimate of drug-likeness (QED) is 0.858. The molecule has 0 aromatic heterocycles. The number of benzene rings is 2. The molecule has 144 valence electrons. The number of hydrogen-bond donors (Lipinski definition) is 1. The van der Waals surface area contributed by atoms with Gasteiger partial charge in [0.15, 0.2) is 0 Å². The highest BCUT2D eigenvalue weighted by Gasteiger charge is 2.23. The zero-order valence-electron chi connectivity index (χ0n) is 15.8. The Hall–Kier alpha value is -2.60. The molecule has 2 aromatic carbocycles. The standard InChI is InChI=1S/C20H24ClN3O3/c1-14-4-5-15(12-17(14)21)22-20(25)24-10-8-23(9-11-24)18-13-16(26-2)6-7-19(18)27-3/h4-7,12-13H,8-11H2,1-3H3,(H,22,25). The summed E-state index contributed by atoms with van der Waals surface area (Å²) in [5.41, 5.74) is 2.66. The Morgan fingerprint density at radius 2 is 1.78 bits per heavy atom. The number of carbonyl (C=O) groups is 1. The molecule has 1 heterocycles. The van der Waals surface area contributed by atoms with Gasteiger partial charge in [-0.05, 0) is 36.8 Å². The zero-order chi connectivity index (χ0) is 19.4. The third-order valence-electron chi connectivity index (χ3n) is 4.72. The van der Waals surface area contributed by atoms with Gasteiger partial charge in [-0.15, -0.1) is 0 Å². The van der Waals surface area contributed by atoms with E-state index >= 15 is 0 Å². The molecule has 7 heteroatoms. The molecule has 1 saturated heterocycles. The Balaban J connectivity index is 1.63. The number of piperazine rings is 1. The molecular weight excluding hydrogens is 366 g/mol. The molecule has 3 rings (SSSR count). The van der Waals surface area contributed by atoms with E-state index in [-0.39, 0.29) is 6.03 Å². The minimum absolute atomic E-state index is 0.118. The van der Waals surface area contributed by atoms with Crippen molar-refractivity contribution in [2.75, 3.05) is 50.6 Å². The first kappa shape index (κ1) is 19.2. The van der Waals surface area contributed by atoms with Crippen molar-refractivity contribution in [1.82, 2.24) is 4.90 Å². The van der Waals surface area contributed by atoms with E-state index in [1.807, 2.05) is 37.3 Å². The third kappa shape index (κ3) is 4.39. The van der Waals surface area contributed by atoms with Gasteiger partial charge in [0.2, 0.25) is 0 Å². The molecule has 0 bridgehead atoms. The molecule has 2 aromatic rings. The average Bonchev–Trinajstić information content (AvgIpc) is 2.70. The number of methoxy groups -OCH3 is 2. The van der Waals surface area contributed by atoms with Crippen LogP contribution in [0.5, 0.6) is 11.5 Å². The lowest BCUT2D eigenvalue weighted by Crippen LogP contribution is -2.50. The van der Waals surface area contributed by atoms with E-state index in [0.717, 1.165) is 22.7 Å². The van der Waals surface area contributed by atoms with Gasteiger partial charge in [-0.2, -0.15) is 0 Å². The van der Waals surface area contributed by atoms with Gasteiger partial charge >= 0.3 is 6.03 Å². The van der Waals surface area contributed by atoms with E-state index in [4.69, 9.17) is 21.1 Å². The molecule has 0 atom stereocenters. The maximum atomic E-state index is 12.5. The highest BCUT2D eigenvalue weighted by molar-refractivity contribution is 6.31. The molecule has 0 unspecified atom stereocenters. The van der Waals surface area contributed by atoms with Crippen LogP contribution >= 0.6 is 11.6 Å². The summed E-state index contributed by atoms with van der Waals surface area (Å²) in [6.07, 6.45) is 0. The maximum Gasteiger partial charge on any atom is 0.321 e. The van der Waals surface area contributed by atoms with Crippen LogP contribution in [0.2, 0.25) is 5.02 Å². The van der Waals surface area contributed by atoms with Gasteiger partial charge in [-0.3, -0.25) is 0 Å². The van der Waals surface area contributed by atoms with Crippen LogP contribution in [0.1, 0.15) is 5.56 Å². The van der Waals surface area contributed by atoms with Gasteiger partial charge in [0, 0.05) is 43.0 Å². The van der Waals surface area contributed by atoms with Gasteiger partial charge in [-0.1, -0.05) is 17.7 Å². The number of amides is 2. The minimum Gasteiger partial charge on any atom is -0.497 e. The summed E-state index contributed by atoms with van der Waals surface area (Å²) < 4.78 is 10.8. The van der Waals surface area contributed by atoms with Crippen LogP contribution in [0.25, 0.3) is 0 Å². The van der Waals surface area contributed by atoms with Gasteiger partial charge in [0.05, 0.1) is 19.9 Å². The van der Waals surface area contributed by atoms with Crippen molar-refractivity contribution >= 4 is 29.0 Å². The Bertz CT molecular complexity index is 820. The smallest absolute Gasteiger partial charge is 0.321 e.